The zero-order valence-electron chi connectivity index (χ0n) is 24.2. The number of rotatable bonds is 6. The SMILES string of the molecule is CC(C)(C)OC(=O)C(Cc1ccc2ccc(C#N)cc2c1)c1ccc(O[C@H]2CCN(C(=O)OC(C)(C)C)C2)cc1. The normalized spacial score (nSPS) is 16.3. The molecule has 3 aromatic carbocycles. The van der Waals surface area contributed by atoms with E-state index in [-0.39, 0.29) is 18.2 Å². The first-order valence-corrected chi connectivity index (χ1v) is 13.7. The number of likely N-dealkylation sites (tertiary alicyclic amines) is 1. The van der Waals surface area contributed by atoms with Crippen LogP contribution in [0.1, 0.15) is 70.6 Å². The standard InChI is InChI=1S/C33H38N2O5/c1-32(2,3)39-30(36)29(19-22-7-9-24-10-8-23(20-34)18-26(24)17-22)25-11-13-27(14-12-25)38-28-15-16-35(21-28)31(37)40-33(4,5)6/h7-14,17-18,28-29H,15-16,19,21H2,1-6H3/t28-,29?/m0/s1. The number of ether oxygens (including phenoxy) is 3. The third kappa shape index (κ3) is 7.75. The summed E-state index contributed by atoms with van der Waals surface area (Å²) in [4.78, 5) is 27.4. The highest BCUT2D eigenvalue weighted by Gasteiger charge is 2.31. The summed E-state index contributed by atoms with van der Waals surface area (Å²) in [6, 6.07) is 21.4. The molecule has 2 atom stereocenters. The lowest BCUT2D eigenvalue weighted by atomic mass is 9.90. The molecule has 210 valence electrons. The van der Waals surface area contributed by atoms with E-state index in [1.807, 2.05) is 96.1 Å². The van der Waals surface area contributed by atoms with Gasteiger partial charge in [0, 0.05) is 13.0 Å². The topological polar surface area (TPSA) is 88.9 Å². The summed E-state index contributed by atoms with van der Waals surface area (Å²) in [6.07, 6.45) is 0.717. The van der Waals surface area contributed by atoms with E-state index in [2.05, 4.69) is 6.07 Å². The monoisotopic (exact) mass is 542 g/mol. The third-order valence-electron chi connectivity index (χ3n) is 6.55. The summed E-state index contributed by atoms with van der Waals surface area (Å²) < 4.78 is 17.4. The maximum atomic E-state index is 13.3. The minimum Gasteiger partial charge on any atom is -0.489 e. The van der Waals surface area contributed by atoms with Crippen LogP contribution in [-0.2, 0) is 20.7 Å². The highest BCUT2D eigenvalue weighted by molar-refractivity contribution is 5.85. The fourth-order valence-electron chi connectivity index (χ4n) is 4.73. The number of amides is 1. The van der Waals surface area contributed by atoms with E-state index >= 15 is 0 Å². The fraction of sp³-hybridized carbons (Fsp3) is 0.424. The Labute approximate surface area is 236 Å². The van der Waals surface area contributed by atoms with E-state index in [1.54, 1.807) is 11.0 Å². The molecule has 0 N–H and O–H groups in total. The summed E-state index contributed by atoms with van der Waals surface area (Å²) >= 11 is 0. The molecule has 0 saturated carbocycles. The average Bonchev–Trinajstić information content (AvgIpc) is 3.34. The van der Waals surface area contributed by atoms with Crippen LogP contribution in [0.15, 0.2) is 60.7 Å². The van der Waals surface area contributed by atoms with Crippen molar-refractivity contribution in [3.63, 3.8) is 0 Å². The third-order valence-corrected chi connectivity index (χ3v) is 6.55. The molecule has 0 spiro atoms. The first-order valence-electron chi connectivity index (χ1n) is 13.7. The van der Waals surface area contributed by atoms with Gasteiger partial charge in [0.25, 0.3) is 0 Å². The number of hydrogen-bond acceptors (Lipinski definition) is 6. The van der Waals surface area contributed by atoms with Gasteiger partial charge in [-0.2, -0.15) is 5.26 Å². The Hall–Kier alpha value is -4.05. The Balaban J connectivity index is 1.49. The molecule has 7 nitrogen and oxygen atoms in total. The van der Waals surface area contributed by atoms with E-state index < -0.39 is 17.1 Å². The van der Waals surface area contributed by atoms with Crippen LogP contribution in [0.25, 0.3) is 10.8 Å². The van der Waals surface area contributed by atoms with E-state index in [9.17, 15) is 14.9 Å². The lowest BCUT2D eigenvalue weighted by Gasteiger charge is -2.25. The number of carbonyl (C=O) groups is 2. The second-order valence-corrected chi connectivity index (χ2v) is 12.3. The fourth-order valence-corrected chi connectivity index (χ4v) is 4.73. The van der Waals surface area contributed by atoms with Crippen LogP contribution < -0.4 is 4.74 Å². The number of hydrogen-bond donors (Lipinski definition) is 0. The van der Waals surface area contributed by atoms with Crippen molar-refractivity contribution in [1.29, 1.82) is 5.26 Å². The zero-order valence-corrected chi connectivity index (χ0v) is 24.2. The Morgan fingerprint density at radius 1 is 0.925 bits per heavy atom. The van der Waals surface area contributed by atoms with Gasteiger partial charge in [0.15, 0.2) is 0 Å². The number of benzene rings is 3. The van der Waals surface area contributed by atoms with Crippen molar-refractivity contribution >= 4 is 22.8 Å². The molecule has 1 heterocycles. The molecule has 7 heteroatoms. The lowest BCUT2D eigenvalue weighted by molar-refractivity contribution is -0.156. The van der Waals surface area contributed by atoms with Crippen molar-refractivity contribution in [3.05, 3.63) is 77.4 Å². The van der Waals surface area contributed by atoms with E-state index in [1.165, 1.54) is 0 Å². The van der Waals surface area contributed by atoms with Gasteiger partial charge < -0.3 is 19.1 Å². The molecule has 0 bridgehead atoms. The van der Waals surface area contributed by atoms with Gasteiger partial charge in [-0.1, -0.05) is 36.4 Å². The predicted molar refractivity (Wildman–Crippen MR) is 154 cm³/mol. The van der Waals surface area contributed by atoms with Crippen LogP contribution in [0.5, 0.6) is 5.75 Å². The molecular weight excluding hydrogens is 504 g/mol. The van der Waals surface area contributed by atoms with Gasteiger partial charge in [0.1, 0.15) is 23.1 Å². The van der Waals surface area contributed by atoms with Crippen molar-refractivity contribution < 1.29 is 23.8 Å². The van der Waals surface area contributed by atoms with E-state index in [0.29, 0.717) is 30.8 Å². The van der Waals surface area contributed by atoms with Crippen LogP contribution in [0.3, 0.4) is 0 Å². The van der Waals surface area contributed by atoms with Gasteiger partial charge in [-0.15, -0.1) is 0 Å². The van der Waals surface area contributed by atoms with Gasteiger partial charge in [-0.25, -0.2) is 4.79 Å². The van der Waals surface area contributed by atoms with Gasteiger partial charge in [0.2, 0.25) is 0 Å². The first kappa shape index (κ1) is 28.9. The van der Waals surface area contributed by atoms with Crippen LogP contribution in [0.2, 0.25) is 0 Å². The molecule has 1 unspecified atom stereocenters. The van der Waals surface area contributed by atoms with Gasteiger partial charge in [0.05, 0.1) is 24.1 Å². The van der Waals surface area contributed by atoms with Crippen LogP contribution in [0.4, 0.5) is 4.79 Å². The molecule has 3 aromatic rings. The number of esters is 1. The molecule has 0 aromatic heterocycles. The summed E-state index contributed by atoms with van der Waals surface area (Å²) in [7, 11) is 0. The minimum atomic E-state index is -0.619. The predicted octanol–water partition coefficient (Wildman–Crippen LogP) is 6.77. The summed E-state index contributed by atoms with van der Waals surface area (Å²) in [5.74, 6) is -0.132. The smallest absolute Gasteiger partial charge is 0.410 e. The molecule has 1 amide bonds. The molecule has 1 aliphatic heterocycles. The van der Waals surface area contributed by atoms with Crippen molar-refractivity contribution in [2.45, 2.75) is 77.6 Å². The number of fused-ring (bicyclic) bond motifs is 1. The maximum absolute atomic E-state index is 13.3. The van der Waals surface area contributed by atoms with Gasteiger partial charge in [-0.3, -0.25) is 4.79 Å². The van der Waals surface area contributed by atoms with Crippen LogP contribution in [-0.4, -0.2) is 47.4 Å². The quantitative estimate of drug-likeness (QED) is 0.320. The molecule has 1 aliphatic rings. The van der Waals surface area contributed by atoms with E-state index in [4.69, 9.17) is 14.2 Å². The second-order valence-electron chi connectivity index (χ2n) is 12.3. The first-order chi connectivity index (χ1) is 18.8. The zero-order chi connectivity index (χ0) is 29.1. The highest BCUT2D eigenvalue weighted by Crippen LogP contribution is 2.29. The molecule has 0 radical (unpaired) electrons. The van der Waals surface area contributed by atoms with Gasteiger partial charge in [-0.05, 0) is 94.1 Å². The van der Waals surface area contributed by atoms with Crippen molar-refractivity contribution in [2.75, 3.05) is 13.1 Å². The minimum absolute atomic E-state index is 0.129. The lowest BCUT2D eigenvalue weighted by Crippen LogP contribution is -2.36. The average molecular weight is 543 g/mol. The van der Waals surface area contributed by atoms with Gasteiger partial charge >= 0.3 is 12.1 Å². The highest BCUT2D eigenvalue weighted by atomic mass is 16.6. The second kappa shape index (κ2) is 11.6. The Morgan fingerprint density at radius 2 is 1.60 bits per heavy atom. The molecule has 40 heavy (non-hydrogen) atoms. The van der Waals surface area contributed by atoms with Crippen molar-refractivity contribution in [2.24, 2.45) is 0 Å². The van der Waals surface area contributed by atoms with Crippen LogP contribution in [0, 0.1) is 11.3 Å². The summed E-state index contributed by atoms with van der Waals surface area (Å²) in [5, 5.41) is 11.3. The van der Waals surface area contributed by atoms with E-state index in [0.717, 1.165) is 28.3 Å². The number of carbonyl (C=O) groups excluding carboxylic acids is 2. The molecule has 1 fully saturated rings. The maximum Gasteiger partial charge on any atom is 0.410 e. The summed E-state index contributed by atoms with van der Waals surface area (Å²) in [6.45, 7) is 12.2. The molecule has 0 aliphatic carbocycles. The summed E-state index contributed by atoms with van der Waals surface area (Å²) in [5.41, 5.74) is 1.25. The van der Waals surface area contributed by atoms with Crippen LogP contribution >= 0.6 is 0 Å². The Bertz CT molecular complexity index is 1410. The van der Waals surface area contributed by atoms with Crippen molar-refractivity contribution in [3.8, 4) is 11.8 Å². The molecular formula is C33H38N2O5. The molecule has 1 saturated heterocycles. The Kier molecular flexibility index (Phi) is 8.39. The molecule has 4 rings (SSSR count). The number of nitriles is 1. The van der Waals surface area contributed by atoms with Crippen molar-refractivity contribution in [1.82, 2.24) is 4.90 Å². The number of nitrogens with zero attached hydrogens (tertiary/aromatic N) is 2. The largest absolute Gasteiger partial charge is 0.489 e. The Morgan fingerprint density at radius 3 is 2.25 bits per heavy atom.